The maximum Gasteiger partial charge on any atom is 0.279 e. The smallest absolute Gasteiger partial charge is 0.279 e. The van der Waals surface area contributed by atoms with Gasteiger partial charge in [-0.25, -0.2) is 8.42 Å². The second kappa shape index (κ2) is 6.40. The second-order valence-electron chi connectivity index (χ2n) is 5.70. The Hall–Kier alpha value is -1.96. The van der Waals surface area contributed by atoms with Gasteiger partial charge in [0.15, 0.2) is 14.6 Å². The van der Waals surface area contributed by atoms with Crippen LogP contribution in [-0.2, 0) is 16.9 Å². The molecule has 0 saturated carbocycles. The number of fused-ring (bicyclic) bond motifs is 1. The van der Waals surface area contributed by atoms with E-state index in [1.54, 1.807) is 0 Å². The van der Waals surface area contributed by atoms with Crippen molar-refractivity contribution >= 4 is 48.9 Å². The molecular weight excluding hydrogens is 380 g/mol. The number of thiazole rings is 1. The lowest BCUT2D eigenvalue weighted by Crippen LogP contribution is -2.13. The summed E-state index contributed by atoms with van der Waals surface area (Å²) in [5, 5.41) is 0.618. The van der Waals surface area contributed by atoms with Crippen LogP contribution in [0.2, 0.25) is 5.02 Å². The summed E-state index contributed by atoms with van der Waals surface area (Å²) in [7, 11) is -1.46. The van der Waals surface area contributed by atoms with Crippen molar-refractivity contribution in [3.05, 3.63) is 57.3 Å². The van der Waals surface area contributed by atoms with Gasteiger partial charge in [-0.15, -0.1) is 0 Å². The molecule has 5 nitrogen and oxygen atoms in total. The van der Waals surface area contributed by atoms with Crippen LogP contribution in [-0.4, -0.2) is 25.1 Å². The second-order valence-corrected chi connectivity index (χ2v) is 9.10. The SMILES string of the molecule is Cc1ccc(Cl)c2sc(=NC(=O)c3ccc(S(C)(=O)=O)cc3)n(C)c12. The van der Waals surface area contributed by atoms with Gasteiger partial charge >= 0.3 is 0 Å². The fourth-order valence-corrected chi connectivity index (χ4v) is 4.51. The minimum Gasteiger partial charge on any atom is -0.319 e. The van der Waals surface area contributed by atoms with Crippen molar-refractivity contribution in [1.29, 1.82) is 0 Å². The molecule has 0 radical (unpaired) electrons. The maximum atomic E-state index is 12.4. The topological polar surface area (TPSA) is 68.5 Å². The molecule has 0 fully saturated rings. The maximum absolute atomic E-state index is 12.4. The number of benzene rings is 2. The first-order valence-corrected chi connectivity index (χ1v) is 10.4. The van der Waals surface area contributed by atoms with E-state index in [-0.39, 0.29) is 4.90 Å². The van der Waals surface area contributed by atoms with Crippen LogP contribution in [0, 0.1) is 6.92 Å². The average Bonchev–Trinajstić information content (AvgIpc) is 2.88. The Morgan fingerprint density at radius 3 is 2.36 bits per heavy atom. The molecule has 0 bridgehead atoms. The molecule has 1 aromatic heterocycles. The van der Waals surface area contributed by atoms with Crippen LogP contribution in [0.15, 0.2) is 46.3 Å². The zero-order valence-corrected chi connectivity index (χ0v) is 16.2. The van der Waals surface area contributed by atoms with Crippen LogP contribution in [0.25, 0.3) is 10.2 Å². The Kier molecular flexibility index (Phi) is 4.57. The largest absolute Gasteiger partial charge is 0.319 e. The van der Waals surface area contributed by atoms with Crippen molar-refractivity contribution in [2.45, 2.75) is 11.8 Å². The third-order valence-electron chi connectivity index (χ3n) is 3.83. The molecule has 0 aliphatic heterocycles. The summed E-state index contributed by atoms with van der Waals surface area (Å²) in [6.45, 7) is 1.97. The fourth-order valence-electron chi connectivity index (χ4n) is 2.51. The van der Waals surface area contributed by atoms with E-state index in [1.165, 1.54) is 35.6 Å². The van der Waals surface area contributed by atoms with Gasteiger partial charge in [-0.2, -0.15) is 4.99 Å². The van der Waals surface area contributed by atoms with E-state index < -0.39 is 15.7 Å². The molecule has 2 aromatic carbocycles. The number of aryl methyl sites for hydroxylation is 2. The van der Waals surface area contributed by atoms with Crippen LogP contribution >= 0.6 is 22.9 Å². The Morgan fingerprint density at radius 1 is 1.16 bits per heavy atom. The molecule has 0 spiro atoms. The molecule has 3 rings (SSSR count). The highest BCUT2D eigenvalue weighted by atomic mass is 35.5. The van der Waals surface area contributed by atoms with Crippen molar-refractivity contribution < 1.29 is 13.2 Å². The molecule has 0 unspecified atom stereocenters. The van der Waals surface area contributed by atoms with Crippen LogP contribution in [0.5, 0.6) is 0 Å². The fraction of sp³-hybridized carbons (Fsp3) is 0.176. The first kappa shape index (κ1) is 17.8. The van der Waals surface area contributed by atoms with Crippen LogP contribution in [0.3, 0.4) is 0 Å². The minimum absolute atomic E-state index is 0.166. The van der Waals surface area contributed by atoms with E-state index in [4.69, 9.17) is 11.6 Å². The lowest BCUT2D eigenvalue weighted by Gasteiger charge is -2.01. The molecule has 130 valence electrons. The summed E-state index contributed by atoms with van der Waals surface area (Å²) in [5.41, 5.74) is 2.31. The number of nitrogens with zero attached hydrogens (tertiary/aromatic N) is 2. The molecular formula is C17H15ClN2O3S2. The number of hydrogen-bond acceptors (Lipinski definition) is 4. The summed E-state index contributed by atoms with van der Waals surface area (Å²) in [6, 6.07) is 9.49. The molecule has 8 heteroatoms. The number of hydrogen-bond donors (Lipinski definition) is 0. The van der Waals surface area contributed by atoms with Crippen molar-refractivity contribution in [1.82, 2.24) is 4.57 Å². The van der Waals surface area contributed by atoms with E-state index in [2.05, 4.69) is 4.99 Å². The molecule has 0 atom stereocenters. The number of halogens is 1. The van der Waals surface area contributed by atoms with Gasteiger partial charge in [-0.3, -0.25) is 4.79 Å². The zero-order valence-electron chi connectivity index (χ0n) is 13.8. The van der Waals surface area contributed by atoms with Crippen molar-refractivity contribution in [3.63, 3.8) is 0 Å². The highest BCUT2D eigenvalue weighted by molar-refractivity contribution is 7.90. The number of carbonyl (C=O) groups is 1. The van der Waals surface area contributed by atoms with Gasteiger partial charge in [0.2, 0.25) is 0 Å². The molecule has 0 N–H and O–H groups in total. The van der Waals surface area contributed by atoms with Crippen LogP contribution in [0.1, 0.15) is 15.9 Å². The summed E-state index contributed by atoms with van der Waals surface area (Å²) >= 11 is 7.58. The molecule has 1 heterocycles. The van der Waals surface area contributed by atoms with Gasteiger partial charge in [-0.1, -0.05) is 29.0 Å². The lowest BCUT2D eigenvalue weighted by molar-refractivity contribution is 0.0998. The normalized spacial score (nSPS) is 12.7. The molecule has 0 saturated heterocycles. The molecule has 0 aliphatic rings. The summed E-state index contributed by atoms with van der Waals surface area (Å²) in [5.74, 6) is -0.434. The summed E-state index contributed by atoms with van der Waals surface area (Å²) in [4.78, 5) is 17.3. The van der Waals surface area contributed by atoms with Gasteiger partial charge < -0.3 is 4.57 Å². The van der Waals surface area contributed by atoms with Crippen LogP contribution in [0.4, 0.5) is 0 Å². The molecule has 3 aromatic rings. The molecule has 25 heavy (non-hydrogen) atoms. The Morgan fingerprint density at radius 2 is 1.80 bits per heavy atom. The monoisotopic (exact) mass is 394 g/mol. The third-order valence-corrected chi connectivity index (χ3v) is 6.55. The van der Waals surface area contributed by atoms with E-state index in [0.717, 1.165) is 22.0 Å². The number of rotatable bonds is 2. The van der Waals surface area contributed by atoms with Gasteiger partial charge in [0.1, 0.15) is 0 Å². The number of aromatic nitrogens is 1. The number of sulfone groups is 1. The molecule has 0 aliphatic carbocycles. The molecule has 1 amide bonds. The van der Waals surface area contributed by atoms with Crippen molar-refractivity contribution in [3.8, 4) is 0 Å². The zero-order chi connectivity index (χ0) is 18.4. The van der Waals surface area contributed by atoms with Gasteiger partial charge in [0, 0.05) is 18.9 Å². The van der Waals surface area contributed by atoms with Crippen molar-refractivity contribution in [2.24, 2.45) is 12.0 Å². The average molecular weight is 395 g/mol. The minimum atomic E-state index is -3.30. The van der Waals surface area contributed by atoms with E-state index in [1.807, 2.05) is 30.7 Å². The number of amides is 1. The summed E-state index contributed by atoms with van der Waals surface area (Å²) in [6.07, 6.45) is 1.12. The van der Waals surface area contributed by atoms with Crippen molar-refractivity contribution in [2.75, 3.05) is 6.26 Å². The summed E-state index contributed by atoms with van der Waals surface area (Å²) < 4.78 is 25.7. The Labute approximate surface area is 154 Å². The Balaban J connectivity index is 2.08. The quantitative estimate of drug-likeness (QED) is 0.669. The Bertz CT molecular complexity index is 1160. The lowest BCUT2D eigenvalue weighted by atomic mass is 10.2. The van der Waals surface area contributed by atoms with E-state index in [0.29, 0.717) is 15.4 Å². The highest BCUT2D eigenvalue weighted by Crippen LogP contribution is 2.28. The van der Waals surface area contributed by atoms with Gasteiger partial charge in [0.25, 0.3) is 5.91 Å². The predicted molar refractivity (Wildman–Crippen MR) is 100.0 cm³/mol. The standard InChI is InChI=1S/C17H15ClN2O3S2/c1-10-4-9-13(18)15-14(10)20(2)17(24-15)19-16(21)11-5-7-12(8-6-11)25(3,22)23/h4-9H,1-3H3. The first-order valence-electron chi connectivity index (χ1n) is 7.32. The third kappa shape index (κ3) is 3.40. The van der Waals surface area contributed by atoms with Gasteiger partial charge in [0.05, 0.1) is 20.1 Å². The highest BCUT2D eigenvalue weighted by Gasteiger charge is 2.12. The first-order chi connectivity index (χ1) is 11.7. The van der Waals surface area contributed by atoms with Crippen LogP contribution < -0.4 is 4.80 Å². The van der Waals surface area contributed by atoms with E-state index >= 15 is 0 Å². The van der Waals surface area contributed by atoms with Gasteiger partial charge in [-0.05, 0) is 42.8 Å². The predicted octanol–water partition coefficient (Wildman–Crippen LogP) is 3.35. The van der Waals surface area contributed by atoms with E-state index in [9.17, 15) is 13.2 Å². The number of carbonyl (C=O) groups excluding carboxylic acids is 1.